The van der Waals surface area contributed by atoms with Crippen molar-refractivity contribution in [2.45, 2.75) is 24.9 Å². The summed E-state index contributed by atoms with van der Waals surface area (Å²) in [6.07, 6.45) is 3.39. The number of aromatic nitrogens is 3. The summed E-state index contributed by atoms with van der Waals surface area (Å²) < 4.78 is 5.36. The molecule has 3 rings (SSSR count). The van der Waals surface area contributed by atoms with Crippen molar-refractivity contribution in [1.29, 1.82) is 0 Å². The maximum atomic E-state index is 11.6. The van der Waals surface area contributed by atoms with Gasteiger partial charge in [-0.05, 0) is 42.0 Å². The molecule has 0 aliphatic carbocycles. The van der Waals surface area contributed by atoms with Gasteiger partial charge in [-0.3, -0.25) is 5.10 Å². The minimum Gasteiger partial charge on any atom is -0.477 e. The molecule has 1 aromatic carbocycles. The van der Waals surface area contributed by atoms with Gasteiger partial charge in [-0.15, -0.1) is 5.10 Å². The summed E-state index contributed by atoms with van der Waals surface area (Å²) in [6.45, 7) is 5.27. The van der Waals surface area contributed by atoms with E-state index in [1.807, 2.05) is 24.3 Å². The highest BCUT2D eigenvalue weighted by Crippen LogP contribution is 2.26. The molecule has 138 valence electrons. The molecule has 0 saturated carbocycles. The number of rotatable bonds is 7. The maximum absolute atomic E-state index is 11.6. The summed E-state index contributed by atoms with van der Waals surface area (Å²) in [7, 11) is 0. The predicted octanol–water partition coefficient (Wildman–Crippen LogP) is 2.81. The van der Waals surface area contributed by atoms with Crippen molar-refractivity contribution in [3.05, 3.63) is 40.6 Å². The molecule has 0 spiro atoms. The van der Waals surface area contributed by atoms with Gasteiger partial charge in [-0.2, -0.15) is 0 Å². The molecule has 1 aromatic heterocycles. The van der Waals surface area contributed by atoms with E-state index in [9.17, 15) is 9.90 Å². The van der Waals surface area contributed by atoms with E-state index in [0.29, 0.717) is 5.16 Å². The van der Waals surface area contributed by atoms with Crippen LogP contribution in [0.2, 0.25) is 0 Å². The Morgan fingerprint density at radius 3 is 2.73 bits per heavy atom. The van der Waals surface area contributed by atoms with E-state index in [1.54, 1.807) is 6.08 Å². The topological polar surface area (TPSA) is 91.3 Å². The molecule has 0 bridgehead atoms. The zero-order valence-corrected chi connectivity index (χ0v) is 15.5. The molecule has 2 heterocycles. The van der Waals surface area contributed by atoms with Gasteiger partial charge in [0.05, 0.1) is 13.2 Å². The summed E-state index contributed by atoms with van der Waals surface area (Å²) in [5, 5.41) is 16.8. The quantitative estimate of drug-likeness (QED) is 0.569. The fourth-order valence-electron chi connectivity index (χ4n) is 2.66. The number of carboxylic acids is 1. The molecule has 0 atom stereocenters. The average molecular weight is 374 g/mol. The number of carboxylic acid groups (broad SMARTS) is 1. The second kappa shape index (κ2) is 8.86. The van der Waals surface area contributed by atoms with Crippen LogP contribution in [0, 0.1) is 0 Å². The Morgan fingerprint density at radius 1 is 1.35 bits per heavy atom. The first-order valence-corrected chi connectivity index (χ1v) is 9.44. The molecule has 0 amide bonds. The van der Waals surface area contributed by atoms with Gasteiger partial charge in [0.25, 0.3) is 0 Å². The third-order valence-corrected chi connectivity index (χ3v) is 4.85. The molecular formula is C18H22N4O3S. The smallest absolute Gasteiger partial charge is 0.342 e. The van der Waals surface area contributed by atoms with Crippen molar-refractivity contribution in [2.75, 3.05) is 31.2 Å². The number of aromatic amines is 1. The van der Waals surface area contributed by atoms with Crippen LogP contribution in [0.5, 0.6) is 0 Å². The Kier molecular flexibility index (Phi) is 6.30. The molecular weight excluding hydrogens is 352 g/mol. The highest BCUT2D eigenvalue weighted by molar-refractivity contribution is 8.04. The number of hydrogen-bond donors (Lipinski definition) is 2. The number of H-pyrrole nitrogens is 1. The van der Waals surface area contributed by atoms with Crippen LogP contribution in [-0.2, 0) is 16.0 Å². The largest absolute Gasteiger partial charge is 0.477 e. The fourth-order valence-corrected chi connectivity index (χ4v) is 3.39. The number of nitrogens with zero attached hydrogens (tertiary/aromatic N) is 3. The Hall–Kier alpha value is -2.32. The van der Waals surface area contributed by atoms with Crippen molar-refractivity contribution in [3.8, 4) is 0 Å². The first-order valence-electron chi connectivity index (χ1n) is 8.62. The van der Waals surface area contributed by atoms with Gasteiger partial charge in [-0.1, -0.05) is 19.1 Å². The molecule has 8 heteroatoms. The third-order valence-electron chi connectivity index (χ3n) is 3.98. The molecule has 1 aliphatic heterocycles. The standard InChI is InChI=1S/C18H22N4O3S/c1-2-3-16-19-18(21-20-16)26-15(17(23)24)12-13-4-6-14(7-5-13)22-8-10-25-11-9-22/h4-7,12H,2-3,8-11H2,1H3,(H,23,24)(H,19,20,21)/b15-12+. The van der Waals surface area contributed by atoms with Crippen LogP contribution < -0.4 is 4.90 Å². The normalized spacial score (nSPS) is 15.3. The monoisotopic (exact) mass is 374 g/mol. The van der Waals surface area contributed by atoms with Crippen LogP contribution in [0.15, 0.2) is 34.3 Å². The first kappa shape index (κ1) is 18.5. The van der Waals surface area contributed by atoms with Gasteiger partial charge in [0.15, 0.2) is 0 Å². The van der Waals surface area contributed by atoms with Crippen molar-refractivity contribution in [1.82, 2.24) is 15.2 Å². The van der Waals surface area contributed by atoms with E-state index in [2.05, 4.69) is 27.0 Å². The molecule has 7 nitrogen and oxygen atoms in total. The molecule has 1 aliphatic rings. The van der Waals surface area contributed by atoms with E-state index in [1.165, 1.54) is 0 Å². The summed E-state index contributed by atoms with van der Waals surface area (Å²) in [4.78, 5) is 18.3. The van der Waals surface area contributed by atoms with Crippen LogP contribution in [0.25, 0.3) is 6.08 Å². The number of benzene rings is 1. The minimum absolute atomic E-state index is 0.186. The Labute approximate surface area is 156 Å². The lowest BCUT2D eigenvalue weighted by Gasteiger charge is -2.28. The lowest BCUT2D eigenvalue weighted by Crippen LogP contribution is -2.36. The minimum atomic E-state index is -0.992. The van der Waals surface area contributed by atoms with Crippen molar-refractivity contribution in [2.24, 2.45) is 0 Å². The number of aryl methyl sites for hydroxylation is 1. The van der Waals surface area contributed by atoms with Gasteiger partial charge >= 0.3 is 5.97 Å². The van der Waals surface area contributed by atoms with Gasteiger partial charge in [0, 0.05) is 25.2 Å². The number of morpholine rings is 1. The van der Waals surface area contributed by atoms with Gasteiger partial charge < -0.3 is 14.7 Å². The van der Waals surface area contributed by atoms with E-state index in [-0.39, 0.29) is 4.91 Å². The number of aliphatic carboxylic acids is 1. The Balaban J connectivity index is 1.72. The average Bonchev–Trinajstić information content (AvgIpc) is 3.10. The van der Waals surface area contributed by atoms with Crippen LogP contribution in [0.3, 0.4) is 0 Å². The third kappa shape index (κ3) is 4.86. The molecule has 0 radical (unpaired) electrons. The molecule has 2 aromatic rings. The lowest BCUT2D eigenvalue weighted by atomic mass is 10.1. The highest BCUT2D eigenvalue weighted by Gasteiger charge is 2.14. The van der Waals surface area contributed by atoms with E-state index in [4.69, 9.17) is 4.74 Å². The van der Waals surface area contributed by atoms with Crippen LogP contribution in [0.1, 0.15) is 24.7 Å². The summed E-state index contributed by atoms with van der Waals surface area (Å²) in [5.74, 6) is -0.219. The number of ether oxygens (including phenoxy) is 1. The number of carbonyl (C=O) groups is 1. The predicted molar refractivity (Wildman–Crippen MR) is 101 cm³/mol. The lowest BCUT2D eigenvalue weighted by molar-refractivity contribution is -0.131. The second-order valence-corrected chi connectivity index (χ2v) is 6.93. The number of thioether (sulfide) groups is 1. The molecule has 1 fully saturated rings. The van der Waals surface area contributed by atoms with Crippen LogP contribution in [-0.4, -0.2) is 52.6 Å². The second-order valence-electron chi connectivity index (χ2n) is 5.92. The van der Waals surface area contributed by atoms with Crippen molar-refractivity contribution >= 4 is 29.5 Å². The van der Waals surface area contributed by atoms with Crippen molar-refractivity contribution < 1.29 is 14.6 Å². The Bertz CT molecular complexity index is 767. The fraction of sp³-hybridized carbons (Fsp3) is 0.389. The zero-order chi connectivity index (χ0) is 18.4. The summed E-state index contributed by atoms with van der Waals surface area (Å²) in [6, 6.07) is 7.87. The van der Waals surface area contributed by atoms with Gasteiger partial charge in [0.1, 0.15) is 10.7 Å². The molecule has 26 heavy (non-hydrogen) atoms. The Morgan fingerprint density at radius 2 is 2.08 bits per heavy atom. The van der Waals surface area contributed by atoms with E-state index < -0.39 is 5.97 Å². The molecule has 1 saturated heterocycles. The van der Waals surface area contributed by atoms with Gasteiger partial charge in [-0.25, -0.2) is 9.78 Å². The summed E-state index contributed by atoms with van der Waals surface area (Å²) >= 11 is 1.05. The molecule has 2 N–H and O–H groups in total. The highest BCUT2D eigenvalue weighted by atomic mass is 32.2. The van der Waals surface area contributed by atoms with Crippen LogP contribution in [0.4, 0.5) is 5.69 Å². The zero-order valence-electron chi connectivity index (χ0n) is 14.6. The van der Waals surface area contributed by atoms with Crippen molar-refractivity contribution in [3.63, 3.8) is 0 Å². The van der Waals surface area contributed by atoms with E-state index >= 15 is 0 Å². The van der Waals surface area contributed by atoms with Gasteiger partial charge in [0.2, 0.25) is 5.16 Å². The SMILES string of the molecule is CCCc1nc(S/C(=C/c2ccc(N3CCOCC3)cc2)C(=O)O)n[nH]1. The first-order chi connectivity index (χ1) is 12.7. The number of anilines is 1. The maximum Gasteiger partial charge on any atom is 0.342 e. The number of hydrogen-bond acceptors (Lipinski definition) is 6. The summed E-state index contributed by atoms with van der Waals surface area (Å²) in [5.41, 5.74) is 1.95. The number of nitrogens with one attached hydrogen (secondary N) is 1. The molecule has 0 unspecified atom stereocenters. The van der Waals surface area contributed by atoms with Crippen LogP contribution >= 0.6 is 11.8 Å². The van der Waals surface area contributed by atoms with E-state index in [0.717, 1.165) is 68.0 Å².